The molecule has 8 heteroatoms. The molecule has 1 N–H and O–H groups in total. The molecule has 8 nitrogen and oxygen atoms in total. The zero-order chi connectivity index (χ0) is 18.5. The van der Waals surface area contributed by atoms with Crippen molar-refractivity contribution in [1.82, 2.24) is 10.2 Å². The third kappa shape index (κ3) is 5.43. The van der Waals surface area contributed by atoms with E-state index in [1.807, 2.05) is 0 Å². The number of hydrogen-bond acceptors (Lipinski definition) is 6. The fourth-order valence-electron chi connectivity index (χ4n) is 2.36. The van der Waals surface area contributed by atoms with Crippen LogP contribution in [0, 0.1) is 0 Å². The SMILES string of the molecule is C=C(C)OC(=O)N1CCC(NC(=O)OC(C)(C)C)(C(=O)OC)CC1. The molecule has 1 aliphatic heterocycles. The number of likely N-dealkylation sites (tertiary alicyclic amines) is 1. The van der Waals surface area contributed by atoms with Crippen molar-refractivity contribution < 1.29 is 28.6 Å². The molecule has 0 spiro atoms. The Morgan fingerprint density at radius 1 is 1.17 bits per heavy atom. The highest BCUT2D eigenvalue weighted by Gasteiger charge is 2.45. The van der Waals surface area contributed by atoms with Crippen molar-refractivity contribution in [1.29, 1.82) is 0 Å². The van der Waals surface area contributed by atoms with Gasteiger partial charge in [-0.3, -0.25) is 0 Å². The van der Waals surface area contributed by atoms with Crippen LogP contribution in [0.5, 0.6) is 0 Å². The van der Waals surface area contributed by atoms with Gasteiger partial charge in [-0.1, -0.05) is 6.58 Å². The van der Waals surface area contributed by atoms with Gasteiger partial charge >= 0.3 is 18.2 Å². The smallest absolute Gasteiger partial charge is 0.414 e. The number of carbonyl (C=O) groups excluding carboxylic acids is 3. The second kappa shape index (κ2) is 7.55. The summed E-state index contributed by atoms with van der Waals surface area (Å²) in [6.07, 6.45) is -0.835. The molecule has 1 rings (SSSR count). The molecule has 0 radical (unpaired) electrons. The Balaban J connectivity index is 2.79. The van der Waals surface area contributed by atoms with Crippen LogP contribution in [-0.4, -0.2) is 54.4 Å². The van der Waals surface area contributed by atoms with Gasteiger partial charge < -0.3 is 24.4 Å². The predicted octanol–water partition coefficient (Wildman–Crippen LogP) is 2.19. The molecule has 1 aliphatic rings. The number of methoxy groups -OCH3 is 1. The van der Waals surface area contributed by atoms with Crippen LogP contribution in [0.1, 0.15) is 40.5 Å². The summed E-state index contributed by atoms with van der Waals surface area (Å²) in [5, 5.41) is 2.61. The lowest BCUT2D eigenvalue weighted by Crippen LogP contribution is -2.61. The molecular weight excluding hydrogens is 316 g/mol. The van der Waals surface area contributed by atoms with Crippen molar-refractivity contribution in [2.45, 2.75) is 51.7 Å². The summed E-state index contributed by atoms with van der Waals surface area (Å²) in [7, 11) is 1.25. The first-order chi connectivity index (χ1) is 11.0. The lowest BCUT2D eigenvalue weighted by Gasteiger charge is -2.39. The highest BCUT2D eigenvalue weighted by Crippen LogP contribution is 2.25. The first-order valence-electron chi connectivity index (χ1n) is 7.71. The number of esters is 1. The normalized spacial score (nSPS) is 16.8. The van der Waals surface area contributed by atoms with Gasteiger partial charge in [-0.2, -0.15) is 0 Å². The minimum Gasteiger partial charge on any atom is -0.467 e. The number of piperidine rings is 1. The number of ether oxygens (including phenoxy) is 3. The van der Waals surface area contributed by atoms with E-state index < -0.39 is 29.3 Å². The van der Waals surface area contributed by atoms with E-state index in [0.29, 0.717) is 0 Å². The molecule has 0 bridgehead atoms. The van der Waals surface area contributed by atoms with Gasteiger partial charge in [-0.25, -0.2) is 14.4 Å². The van der Waals surface area contributed by atoms with Gasteiger partial charge in [-0.15, -0.1) is 0 Å². The summed E-state index contributed by atoms with van der Waals surface area (Å²) in [6, 6.07) is 0. The van der Waals surface area contributed by atoms with E-state index >= 15 is 0 Å². The lowest BCUT2D eigenvalue weighted by molar-refractivity contribution is -0.150. The van der Waals surface area contributed by atoms with Crippen LogP contribution in [0.15, 0.2) is 12.3 Å². The molecule has 1 fully saturated rings. The Labute approximate surface area is 142 Å². The van der Waals surface area contributed by atoms with E-state index in [-0.39, 0.29) is 31.7 Å². The minimum absolute atomic E-state index is 0.199. The number of hydrogen-bond donors (Lipinski definition) is 1. The van der Waals surface area contributed by atoms with Crippen LogP contribution in [0.4, 0.5) is 9.59 Å². The van der Waals surface area contributed by atoms with E-state index in [9.17, 15) is 14.4 Å². The van der Waals surface area contributed by atoms with Crippen molar-refractivity contribution in [3.05, 3.63) is 12.3 Å². The molecule has 24 heavy (non-hydrogen) atoms. The van der Waals surface area contributed by atoms with Gasteiger partial charge in [0.2, 0.25) is 0 Å². The predicted molar refractivity (Wildman–Crippen MR) is 86.2 cm³/mol. The highest BCUT2D eigenvalue weighted by atomic mass is 16.6. The fourth-order valence-corrected chi connectivity index (χ4v) is 2.36. The molecular formula is C16H26N2O6. The topological polar surface area (TPSA) is 94.2 Å². The Hall–Kier alpha value is -2.25. The van der Waals surface area contributed by atoms with Crippen LogP contribution in [0.3, 0.4) is 0 Å². The van der Waals surface area contributed by atoms with E-state index in [1.54, 1.807) is 27.7 Å². The van der Waals surface area contributed by atoms with E-state index in [0.717, 1.165) is 0 Å². The zero-order valence-corrected chi connectivity index (χ0v) is 14.9. The maximum Gasteiger partial charge on any atom is 0.414 e. The summed E-state index contributed by atoms with van der Waals surface area (Å²) in [5.41, 5.74) is -1.91. The van der Waals surface area contributed by atoms with Gasteiger partial charge in [0.1, 0.15) is 11.1 Å². The van der Waals surface area contributed by atoms with Crippen molar-refractivity contribution in [3.8, 4) is 0 Å². The Morgan fingerprint density at radius 3 is 2.12 bits per heavy atom. The average molecular weight is 342 g/mol. The van der Waals surface area contributed by atoms with Crippen molar-refractivity contribution in [3.63, 3.8) is 0 Å². The summed E-state index contributed by atoms with van der Waals surface area (Å²) in [4.78, 5) is 37.6. The monoisotopic (exact) mass is 342 g/mol. The molecule has 2 amide bonds. The van der Waals surface area contributed by atoms with Crippen LogP contribution < -0.4 is 5.32 Å². The first kappa shape index (κ1) is 19.8. The third-order valence-electron chi connectivity index (χ3n) is 3.45. The number of alkyl carbamates (subject to hydrolysis) is 1. The molecule has 0 atom stereocenters. The fraction of sp³-hybridized carbons (Fsp3) is 0.688. The summed E-state index contributed by atoms with van der Waals surface area (Å²) >= 11 is 0. The summed E-state index contributed by atoms with van der Waals surface area (Å²) in [5.74, 6) is -0.280. The van der Waals surface area contributed by atoms with E-state index in [1.165, 1.54) is 12.0 Å². The van der Waals surface area contributed by atoms with Gasteiger partial charge in [0, 0.05) is 13.1 Å². The maximum absolute atomic E-state index is 12.2. The summed E-state index contributed by atoms with van der Waals surface area (Å²) in [6.45, 7) is 10.7. The number of nitrogens with one attached hydrogen (secondary N) is 1. The zero-order valence-electron chi connectivity index (χ0n) is 14.9. The molecule has 0 unspecified atom stereocenters. The van der Waals surface area contributed by atoms with Crippen LogP contribution in [0.2, 0.25) is 0 Å². The number of carbonyl (C=O) groups is 3. The van der Waals surface area contributed by atoms with Crippen molar-refractivity contribution in [2.75, 3.05) is 20.2 Å². The Bertz CT molecular complexity index is 515. The quantitative estimate of drug-likeness (QED) is 0.480. The van der Waals surface area contributed by atoms with E-state index in [4.69, 9.17) is 14.2 Å². The average Bonchev–Trinajstić information content (AvgIpc) is 2.44. The second-order valence-electron chi connectivity index (χ2n) is 6.76. The number of rotatable bonds is 3. The van der Waals surface area contributed by atoms with Gasteiger partial charge in [-0.05, 0) is 40.5 Å². The van der Waals surface area contributed by atoms with Gasteiger partial charge in [0.15, 0.2) is 0 Å². The Morgan fingerprint density at radius 2 is 1.71 bits per heavy atom. The standard InChI is InChI=1S/C16H26N2O6/c1-11(2)23-14(21)18-9-7-16(8-10-18,12(19)22-6)17-13(20)24-15(3,4)5/h1,7-10H2,2-6H3,(H,17,20). The van der Waals surface area contributed by atoms with Crippen molar-refractivity contribution >= 4 is 18.2 Å². The highest BCUT2D eigenvalue weighted by molar-refractivity contribution is 5.86. The number of amides is 2. The first-order valence-corrected chi connectivity index (χ1v) is 7.71. The molecule has 0 aromatic rings. The summed E-state index contributed by atoms with van der Waals surface area (Å²) < 4.78 is 15.0. The minimum atomic E-state index is -1.23. The maximum atomic E-state index is 12.2. The van der Waals surface area contributed by atoms with Gasteiger partial charge in [0.05, 0.1) is 12.9 Å². The molecule has 0 aliphatic carbocycles. The molecule has 1 saturated heterocycles. The molecule has 0 saturated carbocycles. The molecule has 136 valence electrons. The Kier molecular flexibility index (Phi) is 6.22. The lowest BCUT2D eigenvalue weighted by atomic mass is 9.87. The van der Waals surface area contributed by atoms with Crippen LogP contribution in [0.25, 0.3) is 0 Å². The third-order valence-corrected chi connectivity index (χ3v) is 3.45. The van der Waals surface area contributed by atoms with Crippen molar-refractivity contribution in [2.24, 2.45) is 0 Å². The van der Waals surface area contributed by atoms with Gasteiger partial charge in [0.25, 0.3) is 0 Å². The van der Waals surface area contributed by atoms with Crippen LogP contribution >= 0.6 is 0 Å². The largest absolute Gasteiger partial charge is 0.467 e. The molecule has 1 heterocycles. The molecule has 0 aromatic heterocycles. The van der Waals surface area contributed by atoms with Crippen LogP contribution in [-0.2, 0) is 19.0 Å². The van der Waals surface area contributed by atoms with E-state index in [2.05, 4.69) is 11.9 Å². The number of nitrogens with zero attached hydrogens (tertiary/aromatic N) is 1. The number of allylic oxidation sites excluding steroid dienone is 1. The second-order valence-corrected chi connectivity index (χ2v) is 6.76. The molecule has 0 aromatic carbocycles.